The van der Waals surface area contributed by atoms with Crippen LogP contribution < -0.4 is 5.32 Å². The molecule has 90 valence electrons. The Bertz CT molecular complexity index is 313. The average molecular weight is 223 g/mol. The van der Waals surface area contributed by atoms with E-state index in [0.29, 0.717) is 19.8 Å². The van der Waals surface area contributed by atoms with E-state index in [4.69, 9.17) is 9.47 Å². The molecule has 0 radical (unpaired) electrons. The topological polar surface area (TPSA) is 30.5 Å². The van der Waals surface area contributed by atoms with Crippen LogP contribution in [0.15, 0.2) is 18.2 Å². The van der Waals surface area contributed by atoms with E-state index in [1.807, 2.05) is 0 Å². The first kappa shape index (κ1) is 13.0. The summed E-state index contributed by atoms with van der Waals surface area (Å²) in [7, 11) is 1.68. The van der Waals surface area contributed by atoms with Crippen molar-refractivity contribution in [1.82, 2.24) is 0 Å². The van der Waals surface area contributed by atoms with Crippen molar-refractivity contribution in [3.05, 3.63) is 29.3 Å². The fourth-order valence-corrected chi connectivity index (χ4v) is 1.51. The fourth-order valence-electron chi connectivity index (χ4n) is 1.51. The summed E-state index contributed by atoms with van der Waals surface area (Å²) in [5.74, 6) is 0. The molecule has 0 aliphatic rings. The quantitative estimate of drug-likeness (QED) is 0.720. The first-order valence-corrected chi connectivity index (χ1v) is 5.62. The fraction of sp³-hybridized carbons (Fsp3) is 0.538. The maximum absolute atomic E-state index is 5.37. The standard InChI is InChI=1S/C13H21NO2/c1-11-4-5-13(12(2)10-11)14-6-7-16-9-8-15-3/h4-5,10,14H,6-9H2,1-3H3. The van der Waals surface area contributed by atoms with Crippen LogP contribution in [0.1, 0.15) is 11.1 Å². The molecule has 3 heteroatoms. The van der Waals surface area contributed by atoms with Gasteiger partial charge in [-0.1, -0.05) is 17.7 Å². The lowest BCUT2D eigenvalue weighted by Gasteiger charge is -2.10. The largest absolute Gasteiger partial charge is 0.383 e. The maximum Gasteiger partial charge on any atom is 0.0701 e. The van der Waals surface area contributed by atoms with Gasteiger partial charge in [-0.25, -0.2) is 0 Å². The van der Waals surface area contributed by atoms with Gasteiger partial charge in [-0.15, -0.1) is 0 Å². The SMILES string of the molecule is COCCOCCNc1ccc(C)cc1C. The molecule has 3 nitrogen and oxygen atoms in total. The van der Waals surface area contributed by atoms with E-state index in [9.17, 15) is 0 Å². The summed E-state index contributed by atoms with van der Waals surface area (Å²) < 4.78 is 10.3. The van der Waals surface area contributed by atoms with Crippen molar-refractivity contribution in [2.24, 2.45) is 0 Å². The van der Waals surface area contributed by atoms with Crippen LogP contribution in [0.25, 0.3) is 0 Å². The van der Waals surface area contributed by atoms with Crippen molar-refractivity contribution < 1.29 is 9.47 Å². The van der Waals surface area contributed by atoms with Crippen molar-refractivity contribution in [2.75, 3.05) is 38.8 Å². The second kappa shape index (κ2) is 7.25. The molecule has 0 aliphatic heterocycles. The van der Waals surface area contributed by atoms with Crippen molar-refractivity contribution in [3.63, 3.8) is 0 Å². The molecule has 0 atom stereocenters. The van der Waals surface area contributed by atoms with E-state index in [-0.39, 0.29) is 0 Å². The zero-order chi connectivity index (χ0) is 11.8. The Morgan fingerprint density at radius 2 is 1.94 bits per heavy atom. The van der Waals surface area contributed by atoms with Crippen LogP contribution >= 0.6 is 0 Å². The highest BCUT2D eigenvalue weighted by Crippen LogP contribution is 2.15. The van der Waals surface area contributed by atoms with Crippen LogP contribution in [-0.2, 0) is 9.47 Å². The third kappa shape index (κ3) is 4.64. The molecular weight excluding hydrogens is 202 g/mol. The Hall–Kier alpha value is -1.06. The van der Waals surface area contributed by atoms with E-state index in [2.05, 4.69) is 37.4 Å². The highest BCUT2D eigenvalue weighted by Gasteiger charge is 1.97. The van der Waals surface area contributed by atoms with Gasteiger partial charge >= 0.3 is 0 Å². The molecular formula is C13H21NO2. The zero-order valence-electron chi connectivity index (χ0n) is 10.4. The highest BCUT2D eigenvalue weighted by atomic mass is 16.5. The summed E-state index contributed by atoms with van der Waals surface area (Å²) in [6.45, 7) is 7.06. The zero-order valence-corrected chi connectivity index (χ0v) is 10.4. The van der Waals surface area contributed by atoms with Crippen molar-refractivity contribution >= 4 is 5.69 Å². The van der Waals surface area contributed by atoms with Gasteiger partial charge in [0.2, 0.25) is 0 Å². The highest BCUT2D eigenvalue weighted by molar-refractivity contribution is 5.51. The molecule has 0 aromatic heterocycles. The number of hydrogen-bond donors (Lipinski definition) is 1. The number of anilines is 1. The van der Waals surface area contributed by atoms with Crippen LogP contribution in [0.4, 0.5) is 5.69 Å². The molecule has 0 fully saturated rings. The molecule has 0 saturated heterocycles. The first-order chi connectivity index (χ1) is 7.74. The number of methoxy groups -OCH3 is 1. The Morgan fingerprint density at radius 1 is 1.12 bits per heavy atom. The van der Waals surface area contributed by atoms with Gasteiger partial charge < -0.3 is 14.8 Å². The number of hydrogen-bond acceptors (Lipinski definition) is 3. The lowest BCUT2D eigenvalue weighted by Crippen LogP contribution is -2.12. The Kier molecular flexibility index (Phi) is 5.90. The predicted molar refractivity (Wildman–Crippen MR) is 67.1 cm³/mol. The summed E-state index contributed by atoms with van der Waals surface area (Å²) in [5, 5.41) is 3.35. The molecule has 0 bridgehead atoms. The molecule has 1 aromatic carbocycles. The Balaban J connectivity index is 2.21. The minimum atomic E-state index is 0.656. The van der Waals surface area contributed by atoms with Gasteiger partial charge in [0.25, 0.3) is 0 Å². The molecule has 0 heterocycles. The van der Waals surface area contributed by atoms with Gasteiger partial charge in [0.05, 0.1) is 19.8 Å². The van der Waals surface area contributed by atoms with E-state index < -0.39 is 0 Å². The number of ether oxygens (including phenoxy) is 2. The predicted octanol–water partition coefficient (Wildman–Crippen LogP) is 2.38. The molecule has 16 heavy (non-hydrogen) atoms. The van der Waals surface area contributed by atoms with Gasteiger partial charge in [0.1, 0.15) is 0 Å². The minimum Gasteiger partial charge on any atom is -0.383 e. The minimum absolute atomic E-state index is 0.656. The van der Waals surface area contributed by atoms with E-state index >= 15 is 0 Å². The second-order valence-electron chi connectivity index (χ2n) is 3.85. The van der Waals surface area contributed by atoms with Crippen LogP contribution in [0.2, 0.25) is 0 Å². The summed E-state index contributed by atoms with van der Waals surface area (Å²) in [6.07, 6.45) is 0. The number of nitrogens with one attached hydrogen (secondary N) is 1. The monoisotopic (exact) mass is 223 g/mol. The molecule has 1 aromatic rings. The third-order valence-corrected chi connectivity index (χ3v) is 2.38. The van der Waals surface area contributed by atoms with Gasteiger partial charge in [-0.05, 0) is 25.5 Å². The molecule has 1 N–H and O–H groups in total. The van der Waals surface area contributed by atoms with Crippen molar-refractivity contribution in [2.45, 2.75) is 13.8 Å². The van der Waals surface area contributed by atoms with Crippen molar-refractivity contribution in [3.8, 4) is 0 Å². The second-order valence-corrected chi connectivity index (χ2v) is 3.85. The Labute approximate surface area is 97.8 Å². The Morgan fingerprint density at radius 3 is 2.62 bits per heavy atom. The summed E-state index contributed by atoms with van der Waals surface area (Å²) in [6, 6.07) is 6.40. The number of benzene rings is 1. The smallest absolute Gasteiger partial charge is 0.0701 e. The summed E-state index contributed by atoms with van der Waals surface area (Å²) in [4.78, 5) is 0. The average Bonchev–Trinajstić information content (AvgIpc) is 2.26. The molecule has 0 unspecified atom stereocenters. The molecule has 0 amide bonds. The normalized spacial score (nSPS) is 10.4. The lowest BCUT2D eigenvalue weighted by atomic mass is 10.1. The number of aryl methyl sites for hydroxylation is 2. The molecule has 1 rings (SSSR count). The molecule has 0 saturated carbocycles. The van der Waals surface area contributed by atoms with E-state index in [1.165, 1.54) is 16.8 Å². The third-order valence-electron chi connectivity index (χ3n) is 2.38. The van der Waals surface area contributed by atoms with Crippen LogP contribution in [-0.4, -0.2) is 33.5 Å². The summed E-state index contributed by atoms with van der Waals surface area (Å²) >= 11 is 0. The molecule has 0 spiro atoms. The van der Waals surface area contributed by atoms with Crippen LogP contribution in [0, 0.1) is 13.8 Å². The molecule has 0 aliphatic carbocycles. The van der Waals surface area contributed by atoms with Gasteiger partial charge in [-0.3, -0.25) is 0 Å². The van der Waals surface area contributed by atoms with E-state index in [1.54, 1.807) is 7.11 Å². The van der Waals surface area contributed by atoms with E-state index in [0.717, 1.165) is 6.54 Å². The van der Waals surface area contributed by atoms with Gasteiger partial charge in [0, 0.05) is 19.3 Å². The van der Waals surface area contributed by atoms with Gasteiger partial charge in [0.15, 0.2) is 0 Å². The number of rotatable bonds is 7. The summed E-state index contributed by atoms with van der Waals surface area (Å²) in [5.41, 5.74) is 3.75. The van der Waals surface area contributed by atoms with Crippen LogP contribution in [0.3, 0.4) is 0 Å². The van der Waals surface area contributed by atoms with Gasteiger partial charge in [-0.2, -0.15) is 0 Å². The van der Waals surface area contributed by atoms with Crippen molar-refractivity contribution in [1.29, 1.82) is 0 Å². The first-order valence-electron chi connectivity index (χ1n) is 5.62. The lowest BCUT2D eigenvalue weighted by molar-refractivity contribution is 0.0759. The van der Waals surface area contributed by atoms with Crippen LogP contribution in [0.5, 0.6) is 0 Å². The maximum atomic E-state index is 5.37.